The van der Waals surface area contributed by atoms with Crippen molar-refractivity contribution < 1.29 is 14.3 Å². The largest absolute Gasteiger partial charge is 0.463 e. The third-order valence-electron chi connectivity index (χ3n) is 4.39. The molecule has 0 saturated carbocycles. The highest BCUT2D eigenvalue weighted by Crippen LogP contribution is 2.36. The maximum Gasteiger partial charge on any atom is 0.336 e. The van der Waals surface area contributed by atoms with Crippen molar-refractivity contribution in [2.45, 2.75) is 19.9 Å². The average molecular weight is 350 g/mol. The van der Waals surface area contributed by atoms with Gasteiger partial charge in [-0.1, -0.05) is 48.5 Å². The molecule has 2 aromatic rings. The fraction of sp³-hybridized carbons (Fsp3) is 0.238. The highest BCUT2D eigenvalue weighted by Gasteiger charge is 2.42. The van der Waals surface area contributed by atoms with Crippen molar-refractivity contribution in [3.05, 3.63) is 77.5 Å². The first-order valence-corrected chi connectivity index (χ1v) is 8.67. The summed E-state index contributed by atoms with van der Waals surface area (Å²) in [6.45, 7) is 3.75. The molecule has 0 radical (unpaired) electrons. The molecular weight excluding hydrogens is 328 g/mol. The summed E-state index contributed by atoms with van der Waals surface area (Å²) < 4.78 is 5.19. The lowest BCUT2D eigenvalue weighted by molar-refractivity contribution is -0.140. The van der Waals surface area contributed by atoms with Gasteiger partial charge in [-0.3, -0.25) is 4.79 Å². The summed E-state index contributed by atoms with van der Waals surface area (Å²) in [5, 5.41) is 6.20. The zero-order valence-electron chi connectivity index (χ0n) is 14.9. The number of carbonyl (C=O) groups excluding carboxylic acids is 2. The first-order valence-electron chi connectivity index (χ1n) is 8.67. The van der Waals surface area contributed by atoms with Crippen LogP contribution in [0.2, 0.25) is 0 Å². The zero-order valence-corrected chi connectivity index (χ0v) is 14.9. The normalized spacial score (nSPS) is 17.6. The Morgan fingerprint density at radius 3 is 2.35 bits per heavy atom. The highest BCUT2D eigenvalue weighted by atomic mass is 16.5. The number of carbonyl (C=O) groups is 2. The molecule has 26 heavy (non-hydrogen) atoms. The maximum absolute atomic E-state index is 12.7. The van der Waals surface area contributed by atoms with Crippen molar-refractivity contribution in [1.29, 1.82) is 0 Å². The van der Waals surface area contributed by atoms with E-state index in [0.29, 0.717) is 11.3 Å². The molecule has 0 fully saturated rings. The molecule has 0 saturated heterocycles. The van der Waals surface area contributed by atoms with Crippen LogP contribution in [0.25, 0.3) is 0 Å². The van der Waals surface area contributed by atoms with Crippen LogP contribution < -0.4 is 10.6 Å². The molecule has 1 amide bonds. The predicted molar refractivity (Wildman–Crippen MR) is 100 cm³/mol. The fourth-order valence-electron chi connectivity index (χ4n) is 3.23. The lowest BCUT2D eigenvalue weighted by Gasteiger charge is -2.26. The number of amides is 1. The SMILES string of the molecule is CCOC(=O)C1=C(C)NC(=O)C1C(Nc1ccccc1)c1ccccc1. The summed E-state index contributed by atoms with van der Waals surface area (Å²) in [5.41, 5.74) is 2.73. The summed E-state index contributed by atoms with van der Waals surface area (Å²) >= 11 is 0. The van der Waals surface area contributed by atoms with Crippen LogP contribution in [0.15, 0.2) is 71.9 Å². The number of para-hydroxylation sites is 1. The molecule has 0 aromatic heterocycles. The van der Waals surface area contributed by atoms with Crippen molar-refractivity contribution in [2.75, 3.05) is 11.9 Å². The molecule has 1 aliphatic heterocycles. The van der Waals surface area contributed by atoms with E-state index in [4.69, 9.17) is 4.74 Å². The van der Waals surface area contributed by atoms with Gasteiger partial charge < -0.3 is 15.4 Å². The second-order valence-corrected chi connectivity index (χ2v) is 6.12. The van der Waals surface area contributed by atoms with E-state index in [-0.39, 0.29) is 12.5 Å². The molecule has 2 aromatic carbocycles. The van der Waals surface area contributed by atoms with Crippen LogP contribution in [0.1, 0.15) is 25.5 Å². The lowest BCUT2D eigenvalue weighted by Crippen LogP contribution is -2.32. The molecule has 134 valence electrons. The van der Waals surface area contributed by atoms with Gasteiger partial charge in [0.1, 0.15) is 0 Å². The Labute approximate surface area is 153 Å². The van der Waals surface area contributed by atoms with Gasteiger partial charge in [0.2, 0.25) is 5.91 Å². The van der Waals surface area contributed by atoms with Gasteiger partial charge in [-0.25, -0.2) is 4.79 Å². The van der Waals surface area contributed by atoms with Gasteiger partial charge in [0.15, 0.2) is 0 Å². The summed E-state index contributed by atoms with van der Waals surface area (Å²) in [6, 6.07) is 18.9. The van der Waals surface area contributed by atoms with Gasteiger partial charge >= 0.3 is 5.97 Å². The van der Waals surface area contributed by atoms with E-state index in [1.807, 2.05) is 60.7 Å². The van der Waals surface area contributed by atoms with Crippen molar-refractivity contribution in [2.24, 2.45) is 5.92 Å². The van der Waals surface area contributed by atoms with Gasteiger partial charge in [0.05, 0.1) is 24.1 Å². The molecule has 1 heterocycles. The quantitative estimate of drug-likeness (QED) is 0.784. The van der Waals surface area contributed by atoms with Crippen LogP contribution in [0.3, 0.4) is 0 Å². The molecule has 3 rings (SSSR count). The number of rotatable bonds is 6. The van der Waals surface area contributed by atoms with Crippen LogP contribution in [0.4, 0.5) is 5.69 Å². The van der Waals surface area contributed by atoms with E-state index in [2.05, 4.69) is 10.6 Å². The molecule has 0 aliphatic carbocycles. The van der Waals surface area contributed by atoms with Gasteiger partial charge in [-0.15, -0.1) is 0 Å². The van der Waals surface area contributed by atoms with Crippen LogP contribution in [0.5, 0.6) is 0 Å². The van der Waals surface area contributed by atoms with E-state index in [9.17, 15) is 9.59 Å². The Morgan fingerprint density at radius 1 is 1.12 bits per heavy atom. The number of nitrogens with one attached hydrogen (secondary N) is 2. The molecule has 2 unspecified atom stereocenters. The van der Waals surface area contributed by atoms with Crippen molar-refractivity contribution >= 4 is 17.6 Å². The monoisotopic (exact) mass is 350 g/mol. The minimum atomic E-state index is -0.670. The number of benzene rings is 2. The minimum absolute atomic E-state index is 0.206. The van der Waals surface area contributed by atoms with E-state index in [1.165, 1.54) is 0 Å². The van der Waals surface area contributed by atoms with Crippen molar-refractivity contribution in [1.82, 2.24) is 5.32 Å². The number of ether oxygens (including phenoxy) is 1. The van der Waals surface area contributed by atoms with Crippen LogP contribution in [0, 0.1) is 5.92 Å². The Bertz CT molecular complexity index is 816. The van der Waals surface area contributed by atoms with Crippen LogP contribution in [-0.4, -0.2) is 18.5 Å². The molecule has 2 atom stereocenters. The number of esters is 1. The molecule has 0 spiro atoms. The third kappa shape index (κ3) is 3.61. The maximum atomic E-state index is 12.7. The zero-order chi connectivity index (χ0) is 18.5. The minimum Gasteiger partial charge on any atom is -0.463 e. The molecular formula is C21H22N2O3. The Hall–Kier alpha value is -3.08. The number of hydrogen-bond acceptors (Lipinski definition) is 4. The summed E-state index contributed by atoms with van der Waals surface area (Å²) in [7, 11) is 0. The van der Waals surface area contributed by atoms with Gasteiger partial charge in [0, 0.05) is 11.4 Å². The van der Waals surface area contributed by atoms with Gasteiger partial charge in [-0.05, 0) is 31.5 Å². The predicted octanol–water partition coefficient (Wildman–Crippen LogP) is 3.42. The van der Waals surface area contributed by atoms with Gasteiger partial charge in [0.25, 0.3) is 0 Å². The smallest absolute Gasteiger partial charge is 0.336 e. The number of hydrogen-bond donors (Lipinski definition) is 2. The van der Waals surface area contributed by atoms with Crippen LogP contribution >= 0.6 is 0 Å². The Morgan fingerprint density at radius 2 is 1.73 bits per heavy atom. The standard InChI is InChI=1S/C21H22N2O3/c1-3-26-21(25)17-14(2)22-20(24)18(17)19(15-10-6-4-7-11-15)23-16-12-8-5-9-13-16/h4-13,18-19,23H,3H2,1-2H3,(H,22,24). The van der Waals surface area contributed by atoms with E-state index in [0.717, 1.165) is 11.3 Å². The fourth-order valence-corrected chi connectivity index (χ4v) is 3.23. The average Bonchev–Trinajstić information content (AvgIpc) is 2.95. The second kappa shape index (κ2) is 7.87. The first-order chi connectivity index (χ1) is 12.6. The Kier molecular flexibility index (Phi) is 5.37. The number of anilines is 1. The van der Waals surface area contributed by atoms with Crippen molar-refractivity contribution in [3.8, 4) is 0 Å². The lowest BCUT2D eigenvalue weighted by atomic mass is 9.87. The highest BCUT2D eigenvalue weighted by molar-refractivity contribution is 6.02. The molecule has 0 bridgehead atoms. The summed E-state index contributed by atoms with van der Waals surface area (Å²) in [5.74, 6) is -1.33. The van der Waals surface area contributed by atoms with E-state index < -0.39 is 17.9 Å². The molecule has 5 nitrogen and oxygen atoms in total. The van der Waals surface area contributed by atoms with E-state index in [1.54, 1.807) is 13.8 Å². The third-order valence-corrected chi connectivity index (χ3v) is 4.39. The van der Waals surface area contributed by atoms with Crippen LogP contribution in [-0.2, 0) is 14.3 Å². The van der Waals surface area contributed by atoms with Gasteiger partial charge in [-0.2, -0.15) is 0 Å². The molecule has 1 aliphatic rings. The molecule has 5 heteroatoms. The molecule has 2 N–H and O–H groups in total. The number of allylic oxidation sites excluding steroid dienone is 1. The van der Waals surface area contributed by atoms with E-state index >= 15 is 0 Å². The second-order valence-electron chi connectivity index (χ2n) is 6.12. The first kappa shape index (κ1) is 17.7. The Balaban J connectivity index is 2.02. The van der Waals surface area contributed by atoms with Crippen molar-refractivity contribution in [3.63, 3.8) is 0 Å². The summed E-state index contributed by atoms with van der Waals surface area (Å²) in [4.78, 5) is 25.2. The topological polar surface area (TPSA) is 67.4 Å². The summed E-state index contributed by atoms with van der Waals surface area (Å²) in [6.07, 6.45) is 0.